The van der Waals surface area contributed by atoms with E-state index in [1.807, 2.05) is 0 Å². The number of hydrogen-bond donors (Lipinski definition) is 1. The van der Waals surface area contributed by atoms with Crippen LogP contribution in [0, 0.1) is 10.8 Å². The lowest BCUT2D eigenvalue weighted by molar-refractivity contribution is 0.0713. The van der Waals surface area contributed by atoms with E-state index >= 15 is 0 Å². The van der Waals surface area contributed by atoms with E-state index in [9.17, 15) is 4.79 Å². The third-order valence-corrected chi connectivity index (χ3v) is 4.45. The molecule has 1 heterocycles. The van der Waals surface area contributed by atoms with Gasteiger partial charge in [0.15, 0.2) is 0 Å². The predicted molar refractivity (Wildman–Crippen MR) is 86.9 cm³/mol. The quantitative estimate of drug-likeness (QED) is 0.798. The first kappa shape index (κ1) is 16.6. The van der Waals surface area contributed by atoms with E-state index in [4.69, 9.17) is 23.2 Å². The van der Waals surface area contributed by atoms with Crippen LogP contribution in [0.25, 0.3) is 0 Å². The first-order chi connectivity index (χ1) is 9.58. The highest BCUT2D eigenvalue weighted by Crippen LogP contribution is 2.45. The Morgan fingerprint density at radius 2 is 1.76 bits per heavy atom. The Bertz CT molecular complexity index is 539. The molecule has 0 radical (unpaired) electrons. The molecule has 1 saturated carbocycles. The van der Waals surface area contributed by atoms with Crippen LogP contribution in [0.1, 0.15) is 57.3 Å². The Kier molecular flexibility index (Phi) is 4.55. The lowest BCUT2D eigenvalue weighted by atomic mass is 9.63. The van der Waals surface area contributed by atoms with Gasteiger partial charge in [-0.3, -0.25) is 4.79 Å². The van der Waals surface area contributed by atoms with Gasteiger partial charge in [-0.25, -0.2) is 4.98 Å². The number of nitrogens with one attached hydrogen (secondary N) is 1. The molecule has 0 bridgehead atoms. The van der Waals surface area contributed by atoms with Gasteiger partial charge in [0.2, 0.25) is 0 Å². The molecule has 0 aromatic carbocycles. The van der Waals surface area contributed by atoms with Crippen LogP contribution in [0.4, 0.5) is 0 Å². The summed E-state index contributed by atoms with van der Waals surface area (Å²) in [4.78, 5) is 16.3. The molecule has 1 amide bonds. The number of pyridine rings is 1. The molecular weight excluding hydrogens is 307 g/mol. The monoisotopic (exact) mass is 328 g/mol. The predicted octanol–water partition coefficient (Wildman–Crippen LogP) is 4.72. The maximum Gasteiger partial charge on any atom is 0.254 e. The zero-order valence-corrected chi connectivity index (χ0v) is 14.5. The average Bonchev–Trinajstić information content (AvgIpc) is 2.23. The largest absolute Gasteiger partial charge is 0.349 e. The maximum atomic E-state index is 12.4. The maximum absolute atomic E-state index is 12.4. The van der Waals surface area contributed by atoms with E-state index in [0.717, 1.165) is 19.3 Å². The highest BCUT2D eigenvalue weighted by Gasteiger charge is 2.39. The van der Waals surface area contributed by atoms with Crippen molar-refractivity contribution in [3.05, 3.63) is 28.0 Å². The van der Waals surface area contributed by atoms with Gasteiger partial charge in [-0.15, -0.1) is 0 Å². The Labute approximate surface area is 136 Å². The molecule has 0 atom stereocenters. The topological polar surface area (TPSA) is 42.0 Å². The molecule has 2 rings (SSSR count). The number of halogens is 2. The summed E-state index contributed by atoms with van der Waals surface area (Å²) in [6, 6.07) is 3.35. The van der Waals surface area contributed by atoms with Crippen molar-refractivity contribution in [2.45, 2.75) is 53.0 Å². The summed E-state index contributed by atoms with van der Waals surface area (Å²) in [5.41, 5.74) is 0.825. The zero-order valence-electron chi connectivity index (χ0n) is 13.0. The van der Waals surface area contributed by atoms with Gasteiger partial charge >= 0.3 is 0 Å². The molecule has 3 nitrogen and oxygen atoms in total. The molecule has 0 saturated heterocycles. The standard InChI is InChI=1S/C16H22Cl2N2O/c1-15(2)7-10(8-16(3,4)9-15)19-14(21)11-5-6-12(17)20-13(11)18/h5-6,10H,7-9H2,1-4H3,(H,19,21). The fourth-order valence-corrected chi connectivity index (χ4v) is 4.22. The van der Waals surface area contributed by atoms with Crippen LogP contribution in [0.3, 0.4) is 0 Å². The number of hydrogen-bond acceptors (Lipinski definition) is 2. The second kappa shape index (κ2) is 5.77. The number of nitrogens with zero attached hydrogens (tertiary/aromatic N) is 1. The van der Waals surface area contributed by atoms with Crippen molar-refractivity contribution >= 4 is 29.1 Å². The summed E-state index contributed by atoms with van der Waals surface area (Å²) in [5, 5.41) is 3.54. The van der Waals surface area contributed by atoms with Crippen molar-refractivity contribution in [1.29, 1.82) is 0 Å². The summed E-state index contributed by atoms with van der Waals surface area (Å²) in [6.07, 6.45) is 3.11. The molecule has 0 aliphatic heterocycles. The molecule has 5 heteroatoms. The molecule has 1 fully saturated rings. The van der Waals surface area contributed by atoms with Crippen molar-refractivity contribution < 1.29 is 4.79 Å². The van der Waals surface area contributed by atoms with Gasteiger partial charge in [0.05, 0.1) is 5.56 Å². The molecule has 1 N–H and O–H groups in total. The number of carbonyl (C=O) groups is 1. The second-order valence-electron chi connectivity index (χ2n) is 7.56. The first-order valence-electron chi connectivity index (χ1n) is 7.21. The third kappa shape index (κ3) is 4.33. The van der Waals surface area contributed by atoms with Crippen LogP contribution in [0.15, 0.2) is 12.1 Å². The van der Waals surface area contributed by atoms with E-state index in [2.05, 4.69) is 38.0 Å². The minimum absolute atomic E-state index is 0.148. The van der Waals surface area contributed by atoms with E-state index in [0.29, 0.717) is 5.56 Å². The lowest BCUT2D eigenvalue weighted by Gasteiger charge is -2.45. The highest BCUT2D eigenvalue weighted by molar-refractivity contribution is 6.34. The molecule has 21 heavy (non-hydrogen) atoms. The fraction of sp³-hybridized carbons (Fsp3) is 0.625. The minimum Gasteiger partial charge on any atom is -0.349 e. The third-order valence-electron chi connectivity index (χ3n) is 3.95. The van der Waals surface area contributed by atoms with Crippen molar-refractivity contribution in [3.63, 3.8) is 0 Å². The average molecular weight is 329 g/mol. The van der Waals surface area contributed by atoms with Crippen molar-refractivity contribution in [1.82, 2.24) is 10.3 Å². The van der Waals surface area contributed by atoms with Crippen LogP contribution in [0.5, 0.6) is 0 Å². The molecule has 116 valence electrons. The van der Waals surface area contributed by atoms with E-state index < -0.39 is 0 Å². The lowest BCUT2D eigenvalue weighted by Crippen LogP contribution is -2.46. The normalized spacial score (nSPS) is 21.0. The molecule has 1 aliphatic carbocycles. The summed E-state index contributed by atoms with van der Waals surface area (Å²) in [6.45, 7) is 9.02. The Balaban J connectivity index is 2.12. The van der Waals surface area contributed by atoms with Gasteiger partial charge in [-0.1, -0.05) is 50.9 Å². The molecule has 0 spiro atoms. The Hall–Kier alpha value is -0.800. The van der Waals surface area contributed by atoms with Gasteiger partial charge < -0.3 is 5.32 Å². The molecule has 0 unspecified atom stereocenters. The summed E-state index contributed by atoms with van der Waals surface area (Å²) >= 11 is 11.8. The SMILES string of the molecule is CC1(C)CC(NC(=O)c2ccc(Cl)nc2Cl)CC(C)(C)C1. The molecule has 1 aromatic rings. The first-order valence-corrected chi connectivity index (χ1v) is 7.97. The van der Waals surface area contributed by atoms with Crippen LogP contribution in [0.2, 0.25) is 10.3 Å². The van der Waals surface area contributed by atoms with Gasteiger partial charge in [0.25, 0.3) is 5.91 Å². The van der Waals surface area contributed by atoms with Crippen LogP contribution in [-0.4, -0.2) is 16.9 Å². The van der Waals surface area contributed by atoms with E-state index in [-0.39, 0.29) is 33.1 Å². The molecular formula is C16H22Cl2N2O. The number of amides is 1. The smallest absolute Gasteiger partial charge is 0.254 e. The summed E-state index contributed by atoms with van der Waals surface area (Å²) in [7, 11) is 0. The summed E-state index contributed by atoms with van der Waals surface area (Å²) < 4.78 is 0. The molecule has 1 aromatic heterocycles. The van der Waals surface area contributed by atoms with E-state index in [1.54, 1.807) is 12.1 Å². The number of carbonyl (C=O) groups excluding carboxylic acids is 1. The van der Waals surface area contributed by atoms with Gasteiger partial charge in [-0.2, -0.15) is 0 Å². The Morgan fingerprint density at radius 3 is 2.29 bits per heavy atom. The highest BCUT2D eigenvalue weighted by atomic mass is 35.5. The fourth-order valence-electron chi connectivity index (χ4n) is 3.79. The van der Waals surface area contributed by atoms with Gasteiger partial charge in [0.1, 0.15) is 10.3 Å². The number of aromatic nitrogens is 1. The van der Waals surface area contributed by atoms with Crippen molar-refractivity contribution in [2.24, 2.45) is 10.8 Å². The van der Waals surface area contributed by atoms with E-state index in [1.165, 1.54) is 0 Å². The van der Waals surface area contributed by atoms with Crippen molar-refractivity contribution in [2.75, 3.05) is 0 Å². The van der Waals surface area contributed by atoms with Crippen LogP contribution >= 0.6 is 23.2 Å². The minimum atomic E-state index is -0.178. The number of rotatable bonds is 2. The zero-order chi connectivity index (χ0) is 15.8. The second-order valence-corrected chi connectivity index (χ2v) is 8.30. The van der Waals surface area contributed by atoms with Gasteiger partial charge in [-0.05, 0) is 42.2 Å². The van der Waals surface area contributed by atoms with Crippen LogP contribution in [-0.2, 0) is 0 Å². The summed E-state index contributed by atoms with van der Waals surface area (Å²) in [5.74, 6) is -0.178. The van der Waals surface area contributed by atoms with Gasteiger partial charge in [0, 0.05) is 6.04 Å². The van der Waals surface area contributed by atoms with Crippen LogP contribution < -0.4 is 5.32 Å². The molecule has 1 aliphatic rings. The Morgan fingerprint density at radius 1 is 1.19 bits per heavy atom. The van der Waals surface area contributed by atoms with Crippen molar-refractivity contribution in [3.8, 4) is 0 Å².